The first kappa shape index (κ1) is 24.4. The van der Waals surface area contributed by atoms with Gasteiger partial charge in [0.25, 0.3) is 5.91 Å². The zero-order valence-corrected chi connectivity index (χ0v) is 19.9. The third-order valence-corrected chi connectivity index (χ3v) is 5.60. The molecule has 0 atom stereocenters. The predicted octanol–water partition coefficient (Wildman–Crippen LogP) is 4.18. The van der Waals surface area contributed by atoms with Crippen molar-refractivity contribution in [2.24, 2.45) is 0 Å². The fourth-order valence-corrected chi connectivity index (χ4v) is 3.42. The number of halogens is 2. The molecule has 0 radical (unpaired) electrons. The van der Waals surface area contributed by atoms with Crippen LogP contribution in [-0.2, 0) is 17.8 Å². The molecule has 1 N–H and O–H groups in total. The molecule has 33 heavy (non-hydrogen) atoms. The summed E-state index contributed by atoms with van der Waals surface area (Å²) in [6.07, 6.45) is 0.151. The Kier molecular flexibility index (Phi) is 7.84. The van der Waals surface area contributed by atoms with E-state index in [2.05, 4.69) is 15.2 Å². The molecule has 0 unspecified atom stereocenters. The number of rotatable bonds is 8. The van der Waals surface area contributed by atoms with Crippen LogP contribution in [-0.4, -0.2) is 51.8 Å². The van der Waals surface area contributed by atoms with Gasteiger partial charge in [-0.3, -0.25) is 19.5 Å². The van der Waals surface area contributed by atoms with Crippen molar-refractivity contribution in [2.75, 3.05) is 19.0 Å². The molecule has 3 rings (SSSR count). The van der Waals surface area contributed by atoms with Crippen molar-refractivity contribution in [1.82, 2.24) is 20.1 Å². The van der Waals surface area contributed by atoms with E-state index < -0.39 is 18.1 Å². The van der Waals surface area contributed by atoms with Crippen molar-refractivity contribution >= 4 is 46.5 Å². The van der Waals surface area contributed by atoms with E-state index in [0.717, 1.165) is 0 Å². The topological polar surface area (TPSA) is 99.3 Å². The molecular formula is C23H23Cl2N5O3. The molecule has 2 aromatic carbocycles. The normalized spacial score (nSPS) is 10.7. The average Bonchev–Trinajstić information content (AvgIpc) is 3.28. The van der Waals surface area contributed by atoms with Gasteiger partial charge in [0.2, 0.25) is 17.5 Å². The molecule has 0 spiro atoms. The van der Waals surface area contributed by atoms with Crippen molar-refractivity contribution in [3.63, 3.8) is 0 Å². The number of ketones is 1. The molecule has 8 nitrogen and oxygen atoms in total. The number of hydrogen-bond donors (Lipinski definition) is 1. The molecule has 1 heterocycles. The van der Waals surface area contributed by atoms with Gasteiger partial charge in [0.15, 0.2) is 0 Å². The number of aromatic nitrogens is 3. The van der Waals surface area contributed by atoms with Gasteiger partial charge in [-0.15, -0.1) is 0 Å². The first-order valence-corrected chi connectivity index (χ1v) is 11.0. The van der Waals surface area contributed by atoms with Crippen LogP contribution in [0.4, 0.5) is 5.69 Å². The maximum atomic E-state index is 13.3. The summed E-state index contributed by atoms with van der Waals surface area (Å²) in [4.78, 5) is 45.3. The van der Waals surface area contributed by atoms with Crippen LogP contribution in [0.5, 0.6) is 0 Å². The largest absolute Gasteiger partial charge is 0.345 e. The van der Waals surface area contributed by atoms with Crippen molar-refractivity contribution in [3.05, 3.63) is 75.3 Å². The van der Waals surface area contributed by atoms with Crippen LogP contribution in [0.1, 0.15) is 45.7 Å². The quantitative estimate of drug-likeness (QED) is 0.379. The third kappa shape index (κ3) is 5.97. The van der Waals surface area contributed by atoms with E-state index in [0.29, 0.717) is 39.1 Å². The van der Waals surface area contributed by atoms with Crippen LogP contribution in [0.2, 0.25) is 10.0 Å². The van der Waals surface area contributed by atoms with Crippen LogP contribution in [0.15, 0.2) is 42.5 Å². The predicted molar refractivity (Wildman–Crippen MR) is 127 cm³/mol. The fourth-order valence-electron chi connectivity index (χ4n) is 3.10. The number of H-pyrrole nitrogens is 1. The van der Waals surface area contributed by atoms with Crippen LogP contribution in [0.25, 0.3) is 0 Å². The number of aromatic amines is 1. The first-order valence-electron chi connectivity index (χ1n) is 10.2. The Balaban J connectivity index is 1.93. The molecule has 0 saturated heterocycles. The minimum Gasteiger partial charge on any atom is -0.345 e. The van der Waals surface area contributed by atoms with E-state index in [1.807, 2.05) is 6.92 Å². The summed E-state index contributed by atoms with van der Waals surface area (Å²) < 4.78 is 0. The molecule has 0 fully saturated rings. The number of amides is 2. The zero-order valence-electron chi connectivity index (χ0n) is 18.4. The van der Waals surface area contributed by atoms with Crippen molar-refractivity contribution < 1.29 is 14.4 Å². The van der Waals surface area contributed by atoms with Crippen molar-refractivity contribution in [1.29, 1.82) is 0 Å². The van der Waals surface area contributed by atoms with Gasteiger partial charge in [-0.05, 0) is 35.9 Å². The molecule has 0 aliphatic heterocycles. The van der Waals surface area contributed by atoms with Gasteiger partial charge in [-0.2, -0.15) is 5.10 Å². The molecule has 172 valence electrons. The molecule has 0 aliphatic carbocycles. The lowest BCUT2D eigenvalue weighted by molar-refractivity contribution is -0.117. The highest BCUT2D eigenvalue weighted by Crippen LogP contribution is 2.26. The van der Waals surface area contributed by atoms with Gasteiger partial charge in [-0.25, -0.2) is 4.98 Å². The smallest absolute Gasteiger partial charge is 0.253 e. The Morgan fingerprint density at radius 3 is 2.42 bits per heavy atom. The second-order valence-electron chi connectivity index (χ2n) is 7.54. The number of nitrogens with one attached hydrogen (secondary N) is 1. The van der Waals surface area contributed by atoms with Gasteiger partial charge in [0, 0.05) is 31.8 Å². The van der Waals surface area contributed by atoms with E-state index in [1.165, 1.54) is 9.80 Å². The standard InChI is InChI=1S/C23H23Cl2N5O3/c1-4-20-26-22(28-27-20)19(31)12-21(32)30(13-14-8-9-17(24)18(25)10-14)16-7-5-6-15(11-16)23(33)29(2)3/h5-11H,4,12-13H2,1-3H3,(H,26,27,28). The maximum absolute atomic E-state index is 13.3. The molecule has 1 aromatic heterocycles. The van der Waals surface area contributed by atoms with Crippen LogP contribution in [0, 0.1) is 0 Å². The van der Waals surface area contributed by atoms with Gasteiger partial charge in [0.1, 0.15) is 5.82 Å². The second-order valence-corrected chi connectivity index (χ2v) is 8.35. The van der Waals surface area contributed by atoms with E-state index in [4.69, 9.17) is 23.2 Å². The number of hydrogen-bond acceptors (Lipinski definition) is 5. The Morgan fingerprint density at radius 2 is 1.79 bits per heavy atom. The highest BCUT2D eigenvalue weighted by molar-refractivity contribution is 6.42. The minimum absolute atomic E-state index is 0.0359. The molecular weight excluding hydrogens is 465 g/mol. The summed E-state index contributed by atoms with van der Waals surface area (Å²) in [6, 6.07) is 11.7. The molecule has 10 heteroatoms. The molecule has 0 aliphatic rings. The summed E-state index contributed by atoms with van der Waals surface area (Å²) in [5.41, 5.74) is 1.59. The summed E-state index contributed by atoms with van der Waals surface area (Å²) in [7, 11) is 3.29. The van der Waals surface area contributed by atoms with Crippen LogP contribution >= 0.6 is 23.2 Å². The third-order valence-electron chi connectivity index (χ3n) is 4.86. The van der Waals surface area contributed by atoms with Gasteiger partial charge in [0.05, 0.1) is 23.0 Å². The number of carbonyl (C=O) groups is 3. The first-order chi connectivity index (χ1) is 15.7. The van der Waals surface area contributed by atoms with Crippen LogP contribution < -0.4 is 4.90 Å². The Hall–Kier alpha value is -3.23. The summed E-state index contributed by atoms with van der Waals surface area (Å²) >= 11 is 12.2. The number of aryl methyl sites for hydroxylation is 1. The number of nitrogens with zero attached hydrogens (tertiary/aromatic N) is 4. The SMILES string of the molecule is CCc1nc(C(=O)CC(=O)N(Cc2ccc(Cl)c(Cl)c2)c2cccc(C(=O)N(C)C)c2)n[nH]1. The highest BCUT2D eigenvalue weighted by atomic mass is 35.5. The van der Waals surface area contributed by atoms with Crippen LogP contribution in [0.3, 0.4) is 0 Å². The summed E-state index contributed by atoms with van der Waals surface area (Å²) in [5.74, 6) is -0.652. The number of benzene rings is 2. The molecule has 3 aromatic rings. The second kappa shape index (κ2) is 10.6. The van der Waals surface area contributed by atoms with E-state index in [9.17, 15) is 14.4 Å². The van der Waals surface area contributed by atoms with Crippen molar-refractivity contribution in [3.8, 4) is 0 Å². The molecule has 0 bridgehead atoms. The Labute approximate surface area is 201 Å². The van der Waals surface area contributed by atoms with Gasteiger partial charge < -0.3 is 9.80 Å². The molecule has 2 amide bonds. The lowest BCUT2D eigenvalue weighted by Crippen LogP contribution is -2.32. The number of anilines is 1. The Bertz CT molecular complexity index is 1190. The van der Waals surface area contributed by atoms with Gasteiger partial charge in [-0.1, -0.05) is 42.3 Å². The monoisotopic (exact) mass is 487 g/mol. The highest BCUT2D eigenvalue weighted by Gasteiger charge is 2.24. The van der Waals surface area contributed by atoms with E-state index >= 15 is 0 Å². The fraction of sp³-hybridized carbons (Fsp3) is 0.261. The zero-order chi connectivity index (χ0) is 24.1. The van der Waals surface area contributed by atoms with E-state index in [1.54, 1.807) is 56.6 Å². The minimum atomic E-state index is -0.504. The van der Waals surface area contributed by atoms with E-state index in [-0.39, 0.29) is 18.3 Å². The Morgan fingerprint density at radius 1 is 1.03 bits per heavy atom. The maximum Gasteiger partial charge on any atom is 0.253 e. The lowest BCUT2D eigenvalue weighted by Gasteiger charge is -2.24. The summed E-state index contributed by atoms with van der Waals surface area (Å²) in [5, 5.41) is 7.31. The summed E-state index contributed by atoms with van der Waals surface area (Å²) in [6.45, 7) is 2.00. The number of Topliss-reactive ketones (excluding diaryl/α,β-unsaturated/α-hetero) is 1. The van der Waals surface area contributed by atoms with Gasteiger partial charge >= 0.3 is 0 Å². The lowest BCUT2D eigenvalue weighted by atomic mass is 10.1. The number of carbonyl (C=O) groups excluding carboxylic acids is 3. The average molecular weight is 488 g/mol. The molecule has 0 saturated carbocycles. The van der Waals surface area contributed by atoms with Crippen molar-refractivity contribution in [2.45, 2.75) is 26.3 Å².